The summed E-state index contributed by atoms with van der Waals surface area (Å²) in [5.41, 5.74) is 6.89. The van der Waals surface area contributed by atoms with Crippen molar-refractivity contribution in [1.29, 1.82) is 0 Å². The summed E-state index contributed by atoms with van der Waals surface area (Å²) in [4.78, 5) is 0. The van der Waals surface area contributed by atoms with E-state index >= 15 is 0 Å². The van der Waals surface area contributed by atoms with Crippen LogP contribution < -0.4 is 0 Å². The van der Waals surface area contributed by atoms with Gasteiger partial charge in [-0.1, -0.05) is 127 Å². The molecule has 198 valence electrons. The Morgan fingerprint density at radius 1 is 0.385 bits per heavy atom. The van der Waals surface area contributed by atoms with Gasteiger partial charge >= 0.3 is 0 Å². The first-order chi connectivity index (χ1) is 19.3. The van der Waals surface area contributed by atoms with Crippen LogP contribution in [0.4, 0.5) is 0 Å². The molecule has 0 radical (unpaired) electrons. The van der Waals surface area contributed by atoms with E-state index in [1.165, 1.54) is 16.7 Å². The molecule has 0 bridgehead atoms. The molecule has 39 heavy (non-hydrogen) atoms. The normalized spacial score (nSPS) is 11.7. The van der Waals surface area contributed by atoms with Crippen LogP contribution in [0.15, 0.2) is 127 Å². The minimum Gasteiger partial charge on any atom is -0.373 e. The molecule has 3 nitrogen and oxygen atoms in total. The molecule has 0 aliphatic carbocycles. The zero-order valence-electron chi connectivity index (χ0n) is 22.3. The average Bonchev–Trinajstić information content (AvgIpc) is 2.98. The molecule has 0 saturated carbocycles. The Hall–Kier alpha value is -4.02. The van der Waals surface area contributed by atoms with E-state index in [9.17, 15) is 0 Å². The molecule has 0 saturated heterocycles. The molecule has 0 spiro atoms. The molecule has 4 aromatic rings. The molecule has 4 rings (SSSR count). The Morgan fingerprint density at radius 3 is 0.949 bits per heavy atom. The van der Waals surface area contributed by atoms with Crippen LogP contribution in [0.3, 0.4) is 0 Å². The second-order valence-electron chi connectivity index (χ2n) is 9.14. The molecular formula is C36H36O3. The van der Waals surface area contributed by atoms with Gasteiger partial charge in [0, 0.05) is 0 Å². The highest BCUT2D eigenvalue weighted by molar-refractivity contribution is 5.64. The molecule has 0 aliphatic rings. The van der Waals surface area contributed by atoms with Crippen LogP contribution in [0.2, 0.25) is 0 Å². The van der Waals surface area contributed by atoms with Crippen LogP contribution in [0, 0.1) is 0 Å². The lowest BCUT2D eigenvalue weighted by Crippen LogP contribution is -1.93. The fourth-order valence-electron chi connectivity index (χ4n) is 4.00. The van der Waals surface area contributed by atoms with E-state index in [2.05, 4.69) is 91.1 Å². The van der Waals surface area contributed by atoms with Crippen molar-refractivity contribution in [2.24, 2.45) is 0 Å². The first kappa shape index (κ1) is 28.0. The summed E-state index contributed by atoms with van der Waals surface area (Å²) in [6, 6.07) is 37.2. The maximum Gasteiger partial charge on any atom is 0.0721 e. The maximum absolute atomic E-state index is 5.81. The van der Waals surface area contributed by atoms with Gasteiger partial charge in [-0.15, -0.1) is 0 Å². The quantitative estimate of drug-likeness (QED) is 0.149. The van der Waals surface area contributed by atoms with Gasteiger partial charge in [-0.3, -0.25) is 0 Å². The summed E-state index contributed by atoms with van der Waals surface area (Å²) in [6.07, 6.45) is 12.5. The summed E-state index contributed by atoms with van der Waals surface area (Å²) >= 11 is 0. The zero-order valence-corrected chi connectivity index (χ0v) is 22.3. The van der Waals surface area contributed by atoms with Gasteiger partial charge in [-0.2, -0.15) is 0 Å². The number of hydrogen-bond acceptors (Lipinski definition) is 3. The number of hydrogen-bond donors (Lipinski definition) is 0. The predicted octanol–water partition coefficient (Wildman–Crippen LogP) is 8.38. The highest BCUT2D eigenvalue weighted by Gasteiger charge is 1.97. The topological polar surface area (TPSA) is 27.7 Å². The van der Waals surface area contributed by atoms with Gasteiger partial charge in [0.25, 0.3) is 0 Å². The SMILES string of the molecule is C(=Cc1cc(C=CCOCc2ccccc2)cc(C=CCOCc2ccccc2)c1)COCc1ccccc1. The van der Waals surface area contributed by atoms with Gasteiger partial charge in [-0.25, -0.2) is 0 Å². The first-order valence-electron chi connectivity index (χ1n) is 13.3. The van der Waals surface area contributed by atoms with E-state index < -0.39 is 0 Å². The number of benzene rings is 4. The van der Waals surface area contributed by atoms with Crippen molar-refractivity contribution in [3.05, 3.63) is 161 Å². The average molecular weight is 517 g/mol. The third kappa shape index (κ3) is 11.1. The highest BCUT2D eigenvalue weighted by Crippen LogP contribution is 2.16. The molecule has 0 heterocycles. The van der Waals surface area contributed by atoms with E-state index in [0.717, 1.165) is 16.7 Å². The predicted molar refractivity (Wildman–Crippen MR) is 162 cm³/mol. The molecule has 0 aromatic heterocycles. The second-order valence-corrected chi connectivity index (χ2v) is 9.14. The summed E-state index contributed by atoms with van der Waals surface area (Å²) in [7, 11) is 0. The molecule has 0 N–H and O–H groups in total. The third-order valence-electron chi connectivity index (χ3n) is 5.91. The summed E-state index contributed by atoms with van der Waals surface area (Å²) < 4.78 is 17.4. The largest absolute Gasteiger partial charge is 0.373 e. The van der Waals surface area contributed by atoms with Gasteiger partial charge in [0.1, 0.15) is 0 Å². The second kappa shape index (κ2) is 16.7. The van der Waals surface area contributed by atoms with E-state index in [1.54, 1.807) is 0 Å². The lowest BCUT2D eigenvalue weighted by Gasteiger charge is -2.05. The van der Waals surface area contributed by atoms with E-state index in [1.807, 2.05) is 54.6 Å². The summed E-state index contributed by atoms with van der Waals surface area (Å²) in [5.74, 6) is 0. The van der Waals surface area contributed by atoms with Gasteiger partial charge in [0.2, 0.25) is 0 Å². The summed E-state index contributed by atoms with van der Waals surface area (Å²) in [5, 5.41) is 0. The number of ether oxygens (including phenoxy) is 3. The minimum absolute atomic E-state index is 0.556. The molecular weight excluding hydrogens is 480 g/mol. The van der Waals surface area contributed by atoms with Crippen LogP contribution >= 0.6 is 0 Å². The van der Waals surface area contributed by atoms with Crippen molar-refractivity contribution in [2.45, 2.75) is 19.8 Å². The molecule has 0 amide bonds. The van der Waals surface area contributed by atoms with E-state index in [4.69, 9.17) is 14.2 Å². The van der Waals surface area contributed by atoms with Crippen molar-refractivity contribution >= 4 is 18.2 Å². The Labute approximate surface area is 232 Å². The Morgan fingerprint density at radius 2 is 0.667 bits per heavy atom. The van der Waals surface area contributed by atoms with E-state index in [-0.39, 0.29) is 0 Å². The molecule has 0 fully saturated rings. The highest BCUT2D eigenvalue weighted by atomic mass is 16.5. The van der Waals surface area contributed by atoms with Crippen LogP contribution in [0.25, 0.3) is 18.2 Å². The van der Waals surface area contributed by atoms with Crippen LogP contribution in [-0.4, -0.2) is 19.8 Å². The Kier molecular flexibility index (Phi) is 12.0. The summed E-state index contributed by atoms with van der Waals surface area (Å²) in [6.45, 7) is 3.48. The molecule has 4 aromatic carbocycles. The molecule has 3 heteroatoms. The standard InChI is InChI=1S/C36H36O3/c1-4-13-31(14-5-1)28-37-22-10-19-34-25-35(20-11-23-38-29-32-15-6-2-7-16-32)27-36(26-34)21-12-24-39-30-33-17-8-3-9-18-33/h1-21,25-27H,22-24,28-30H2. The maximum atomic E-state index is 5.81. The van der Waals surface area contributed by atoms with Gasteiger partial charge < -0.3 is 14.2 Å². The number of rotatable bonds is 15. The Balaban J connectivity index is 1.33. The van der Waals surface area contributed by atoms with Gasteiger partial charge in [0.05, 0.1) is 39.6 Å². The molecule has 0 atom stereocenters. The van der Waals surface area contributed by atoms with Crippen molar-refractivity contribution in [2.75, 3.05) is 19.8 Å². The lowest BCUT2D eigenvalue weighted by atomic mass is 10.0. The van der Waals surface area contributed by atoms with Gasteiger partial charge in [-0.05, 0) is 51.6 Å². The fraction of sp³-hybridized carbons (Fsp3) is 0.167. The Bertz CT molecular complexity index is 1130. The van der Waals surface area contributed by atoms with Gasteiger partial charge in [0.15, 0.2) is 0 Å². The van der Waals surface area contributed by atoms with Crippen LogP contribution in [0.1, 0.15) is 33.4 Å². The van der Waals surface area contributed by atoms with Crippen molar-refractivity contribution < 1.29 is 14.2 Å². The zero-order chi connectivity index (χ0) is 26.8. The smallest absolute Gasteiger partial charge is 0.0721 e. The van der Waals surface area contributed by atoms with E-state index in [0.29, 0.717) is 39.6 Å². The van der Waals surface area contributed by atoms with Crippen LogP contribution in [0.5, 0.6) is 0 Å². The van der Waals surface area contributed by atoms with Crippen molar-refractivity contribution in [1.82, 2.24) is 0 Å². The molecule has 0 aliphatic heterocycles. The van der Waals surface area contributed by atoms with Crippen molar-refractivity contribution in [3.63, 3.8) is 0 Å². The minimum atomic E-state index is 0.556. The third-order valence-corrected chi connectivity index (χ3v) is 5.91. The lowest BCUT2D eigenvalue weighted by molar-refractivity contribution is 0.149. The van der Waals surface area contributed by atoms with Crippen LogP contribution in [-0.2, 0) is 34.0 Å². The van der Waals surface area contributed by atoms with Crippen molar-refractivity contribution in [3.8, 4) is 0 Å². The fourth-order valence-corrected chi connectivity index (χ4v) is 4.00. The first-order valence-corrected chi connectivity index (χ1v) is 13.3. The monoisotopic (exact) mass is 516 g/mol. The molecule has 0 unspecified atom stereocenters.